The summed E-state index contributed by atoms with van der Waals surface area (Å²) in [7, 11) is 0. The molecule has 0 saturated carbocycles. The van der Waals surface area contributed by atoms with Gasteiger partial charge in [-0.3, -0.25) is 10.1 Å². The first-order chi connectivity index (χ1) is 7.93. The SMILES string of the molecule is O=C(CF)NC(NCC1CCCO1)C(Cl)(Cl)Cl. The molecule has 1 aliphatic rings. The summed E-state index contributed by atoms with van der Waals surface area (Å²) in [5.74, 6) is -0.832. The van der Waals surface area contributed by atoms with E-state index in [1.807, 2.05) is 0 Å². The van der Waals surface area contributed by atoms with Crippen LogP contribution in [0.1, 0.15) is 12.8 Å². The number of nitrogens with one attached hydrogen (secondary N) is 2. The summed E-state index contributed by atoms with van der Waals surface area (Å²) in [6, 6.07) is 0. The summed E-state index contributed by atoms with van der Waals surface area (Å²) in [5.41, 5.74) is 0. The van der Waals surface area contributed by atoms with Crippen LogP contribution in [-0.2, 0) is 9.53 Å². The Kier molecular flexibility index (Phi) is 6.23. The Hall–Kier alpha value is 0.190. The van der Waals surface area contributed by atoms with E-state index in [-0.39, 0.29) is 6.10 Å². The maximum absolute atomic E-state index is 12.1. The molecule has 1 amide bonds. The van der Waals surface area contributed by atoms with Gasteiger partial charge in [-0.25, -0.2) is 4.39 Å². The van der Waals surface area contributed by atoms with Crippen LogP contribution in [0, 0.1) is 0 Å². The van der Waals surface area contributed by atoms with E-state index in [4.69, 9.17) is 39.5 Å². The Morgan fingerprint density at radius 1 is 1.53 bits per heavy atom. The maximum atomic E-state index is 12.1. The second kappa shape index (κ2) is 6.95. The van der Waals surface area contributed by atoms with Gasteiger partial charge in [0.15, 0.2) is 6.67 Å². The zero-order valence-corrected chi connectivity index (χ0v) is 11.3. The molecule has 100 valence electrons. The predicted molar refractivity (Wildman–Crippen MR) is 65.2 cm³/mol. The third kappa shape index (κ3) is 5.57. The van der Waals surface area contributed by atoms with Crippen molar-refractivity contribution in [2.75, 3.05) is 19.8 Å². The molecule has 0 bridgehead atoms. The van der Waals surface area contributed by atoms with Crippen molar-refractivity contribution in [3.05, 3.63) is 0 Å². The molecule has 17 heavy (non-hydrogen) atoms. The van der Waals surface area contributed by atoms with Gasteiger partial charge in [0.1, 0.15) is 6.17 Å². The van der Waals surface area contributed by atoms with Crippen molar-refractivity contribution >= 4 is 40.7 Å². The molecule has 0 aliphatic carbocycles. The lowest BCUT2D eigenvalue weighted by atomic mass is 10.2. The lowest BCUT2D eigenvalue weighted by Crippen LogP contribution is -2.55. The second-order valence-electron chi connectivity index (χ2n) is 3.72. The van der Waals surface area contributed by atoms with Crippen LogP contribution in [-0.4, -0.2) is 41.8 Å². The molecule has 2 unspecified atom stereocenters. The van der Waals surface area contributed by atoms with Crippen LogP contribution < -0.4 is 10.6 Å². The summed E-state index contributed by atoms with van der Waals surface area (Å²) < 4.78 is 15.7. The van der Waals surface area contributed by atoms with Crippen molar-refractivity contribution in [1.82, 2.24) is 10.6 Å². The number of amides is 1. The Balaban J connectivity index is 2.42. The number of carbonyl (C=O) groups is 1. The van der Waals surface area contributed by atoms with Crippen molar-refractivity contribution in [2.24, 2.45) is 0 Å². The molecule has 1 aliphatic heterocycles. The third-order valence-electron chi connectivity index (χ3n) is 2.33. The van der Waals surface area contributed by atoms with Crippen LogP contribution >= 0.6 is 34.8 Å². The molecule has 0 radical (unpaired) electrons. The molecular formula is C9H14Cl3FN2O2. The van der Waals surface area contributed by atoms with Crippen LogP contribution in [0.25, 0.3) is 0 Å². The molecule has 1 fully saturated rings. The van der Waals surface area contributed by atoms with E-state index in [0.29, 0.717) is 13.2 Å². The maximum Gasteiger partial charge on any atom is 0.252 e. The minimum Gasteiger partial charge on any atom is -0.377 e. The first-order valence-electron chi connectivity index (χ1n) is 5.20. The fourth-order valence-corrected chi connectivity index (χ4v) is 1.90. The molecule has 0 aromatic carbocycles. The molecule has 2 N–H and O–H groups in total. The van der Waals surface area contributed by atoms with Gasteiger partial charge in [-0.05, 0) is 12.8 Å². The molecule has 0 spiro atoms. The van der Waals surface area contributed by atoms with Gasteiger partial charge < -0.3 is 10.1 Å². The Labute approximate surface area is 114 Å². The minimum absolute atomic E-state index is 0.0344. The van der Waals surface area contributed by atoms with Gasteiger partial charge in [-0.2, -0.15) is 0 Å². The van der Waals surface area contributed by atoms with E-state index in [0.717, 1.165) is 12.8 Å². The number of hydrogen-bond acceptors (Lipinski definition) is 3. The number of rotatable bonds is 5. The lowest BCUT2D eigenvalue weighted by molar-refractivity contribution is -0.122. The molecular weight excluding hydrogens is 293 g/mol. The van der Waals surface area contributed by atoms with Crippen LogP contribution in [0.4, 0.5) is 4.39 Å². The molecule has 1 saturated heterocycles. The third-order valence-corrected chi connectivity index (χ3v) is 2.98. The summed E-state index contributed by atoms with van der Waals surface area (Å²) in [4.78, 5) is 10.9. The lowest BCUT2D eigenvalue weighted by Gasteiger charge is -2.27. The van der Waals surface area contributed by atoms with Crippen LogP contribution in [0.3, 0.4) is 0 Å². The van der Waals surface area contributed by atoms with Crippen LogP contribution in [0.15, 0.2) is 0 Å². The zero-order chi connectivity index (χ0) is 12.9. The van der Waals surface area contributed by atoms with E-state index < -0.39 is 22.5 Å². The Morgan fingerprint density at radius 3 is 2.71 bits per heavy atom. The summed E-state index contributed by atoms with van der Waals surface area (Å²) in [6.45, 7) is -0.00832. The van der Waals surface area contributed by atoms with E-state index >= 15 is 0 Å². The van der Waals surface area contributed by atoms with Crippen molar-refractivity contribution in [3.8, 4) is 0 Å². The van der Waals surface area contributed by atoms with Crippen molar-refractivity contribution in [2.45, 2.75) is 28.9 Å². The van der Waals surface area contributed by atoms with E-state index in [2.05, 4.69) is 10.6 Å². The van der Waals surface area contributed by atoms with E-state index in [1.165, 1.54) is 0 Å². The fourth-order valence-electron chi connectivity index (χ4n) is 1.50. The smallest absolute Gasteiger partial charge is 0.252 e. The first-order valence-corrected chi connectivity index (χ1v) is 6.34. The number of alkyl halides is 4. The number of ether oxygens (including phenoxy) is 1. The topological polar surface area (TPSA) is 50.4 Å². The van der Waals surface area contributed by atoms with Gasteiger partial charge in [-0.15, -0.1) is 0 Å². The zero-order valence-electron chi connectivity index (χ0n) is 9.02. The summed E-state index contributed by atoms with van der Waals surface area (Å²) in [5, 5.41) is 5.10. The summed E-state index contributed by atoms with van der Waals surface area (Å²) in [6.07, 6.45) is 0.991. The Morgan fingerprint density at radius 2 is 2.24 bits per heavy atom. The van der Waals surface area contributed by atoms with Gasteiger partial charge in [0.05, 0.1) is 6.10 Å². The normalized spacial score (nSPS) is 22.5. The summed E-state index contributed by atoms with van der Waals surface area (Å²) >= 11 is 17.0. The highest BCUT2D eigenvalue weighted by molar-refractivity contribution is 6.68. The number of carbonyl (C=O) groups excluding carboxylic acids is 1. The molecule has 1 heterocycles. The highest BCUT2D eigenvalue weighted by atomic mass is 35.6. The van der Waals surface area contributed by atoms with Crippen molar-refractivity contribution in [1.29, 1.82) is 0 Å². The van der Waals surface area contributed by atoms with Gasteiger partial charge in [0.25, 0.3) is 5.91 Å². The van der Waals surface area contributed by atoms with Crippen molar-refractivity contribution < 1.29 is 13.9 Å². The highest BCUT2D eigenvalue weighted by Crippen LogP contribution is 2.29. The molecule has 4 nitrogen and oxygen atoms in total. The van der Waals surface area contributed by atoms with Crippen LogP contribution in [0.5, 0.6) is 0 Å². The minimum atomic E-state index is -1.75. The molecule has 1 rings (SSSR count). The van der Waals surface area contributed by atoms with Gasteiger partial charge in [0, 0.05) is 13.2 Å². The molecule has 8 heteroatoms. The highest BCUT2D eigenvalue weighted by Gasteiger charge is 2.34. The van der Waals surface area contributed by atoms with Gasteiger partial charge in [-0.1, -0.05) is 34.8 Å². The standard InChI is InChI=1S/C9H14Cl3FN2O2/c10-9(11,12)8(15-7(16)4-13)14-5-6-2-1-3-17-6/h6,8,14H,1-5H2,(H,15,16). The van der Waals surface area contributed by atoms with E-state index in [1.54, 1.807) is 0 Å². The van der Waals surface area contributed by atoms with Gasteiger partial charge in [0.2, 0.25) is 3.79 Å². The number of halogens is 4. The van der Waals surface area contributed by atoms with E-state index in [9.17, 15) is 9.18 Å². The predicted octanol–water partition coefficient (Wildman–Crippen LogP) is 1.54. The largest absolute Gasteiger partial charge is 0.377 e. The average Bonchev–Trinajstić information content (AvgIpc) is 2.74. The monoisotopic (exact) mass is 306 g/mol. The Bertz CT molecular complexity index is 257. The average molecular weight is 308 g/mol. The first kappa shape index (κ1) is 15.2. The second-order valence-corrected chi connectivity index (χ2v) is 6.09. The van der Waals surface area contributed by atoms with Crippen LogP contribution in [0.2, 0.25) is 0 Å². The fraction of sp³-hybridized carbons (Fsp3) is 0.889. The van der Waals surface area contributed by atoms with Gasteiger partial charge >= 0.3 is 0 Å². The molecule has 0 aromatic rings. The quantitative estimate of drug-likeness (QED) is 0.598. The van der Waals surface area contributed by atoms with Crippen molar-refractivity contribution in [3.63, 3.8) is 0 Å². The molecule has 0 aromatic heterocycles. The molecule has 2 atom stereocenters. The number of hydrogen-bond donors (Lipinski definition) is 2.